The topological polar surface area (TPSA) is 127 Å². The van der Waals surface area contributed by atoms with Gasteiger partial charge in [-0.2, -0.15) is 5.10 Å². The van der Waals surface area contributed by atoms with Crippen molar-refractivity contribution in [3.8, 4) is 0 Å². The van der Waals surface area contributed by atoms with Crippen LogP contribution >= 0.6 is 11.6 Å². The molecule has 2 heterocycles. The van der Waals surface area contributed by atoms with Gasteiger partial charge in [-0.3, -0.25) is 14.3 Å². The van der Waals surface area contributed by atoms with Crippen LogP contribution in [0.15, 0.2) is 24.3 Å². The number of carbonyl (C=O) groups is 2. The Morgan fingerprint density at radius 2 is 1.92 bits per heavy atom. The molecule has 1 saturated carbocycles. The van der Waals surface area contributed by atoms with Crippen LogP contribution in [0.25, 0.3) is 0 Å². The summed E-state index contributed by atoms with van der Waals surface area (Å²) in [4.78, 5) is 28.0. The van der Waals surface area contributed by atoms with Gasteiger partial charge in [-0.05, 0) is 70.6 Å². The molecule has 0 spiro atoms. The number of hydrogen-bond acceptors (Lipinski definition) is 6. The molecule has 1 aliphatic carbocycles. The van der Waals surface area contributed by atoms with Crippen LogP contribution in [0.2, 0.25) is 5.02 Å². The number of nitrogens with zero attached hydrogens (tertiary/aromatic N) is 3. The summed E-state index contributed by atoms with van der Waals surface area (Å²) in [6, 6.07) is 7.10. The number of aromatic nitrogens is 2. The van der Waals surface area contributed by atoms with Gasteiger partial charge in [0.2, 0.25) is 0 Å². The average molecular weight is 550 g/mol. The van der Waals surface area contributed by atoms with Crippen LogP contribution in [0.4, 0.5) is 0 Å². The highest BCUT2D eigenvalue weighted by Gasteiger charge is 2.60. The zero-order chi connectivity index (χ0) is 27.2. The van der Waals surface area contributed by atoms with Gasteiger partial charge in [-0.1, -0.05) is 23.7 Å². The van der Waals surface area contributed by atoms with Crippen molar-refractivity contribution >= 4 is 33.3 Å². The van der Waals surface area contributed by atoms with Gasteiger partial charge in [0.25, 0.3) is 11.8 Å². The first-order valence-electron chi connectivity index (χ1n) is 12.7. The molecule has 1 aromatic carbocycles. The molecule has 0 saturated heterocycles. The summed E-state index contributed by atoms with van der Waals surface area (Å²) in [6.45, 7) is 6.19. The quantitative estimate of drug-likeness (QED) is 0.469. The molecule has 11 heteroatoms. The third-order valence-electron chi connectivity index (χ3n) is 7.63. The molecular formula is C26H36ClN5O4S. The number of halogens is 1. The largest absolute Gasteiger partial charge is 0.347 e. The van der Waals surface area contributed by atoms with E-state index < -0.39 is 19.3 Å². The Hall–Kier alpha value is -2.43. The van der Waals surface area contributed by atoms with Gasteiger partial charge in [-0.15, -0.1) is 0 Å². The van der Waals surface area contributed by atoms with Crippen molar-refractivity contribution in [3.05, 3.63) is 51.8 Å². The summed E-state index contributed by atoms with van der Waals surface area (Å²) >= 11 is 5.92. The number of nitrogens with one attached hydrogen (secondary N) is 1. The van der Waals surface area contributed by atoms with Crippen molar-refractivity contribution in [1.82, 2.24) is 20.0 Å². The number of rotatable bonds is 10. The lowest BCUT2D eigenvalue weighted by atomic mass is 10.0. The molecular weight excluding hydrogens is 514 g/mol. The second-order valence-corrected chi connectivity index (χ2v) is 14.5. The lowest BCUT2D eigenvalue weighted by Gasteiger charge is -2.35. The summed E-state index contributed by atoms with van der Waals surface area (Å²) in [5.74, 6) is -0.645. The molecule has 0 unspecified atom stereocenters. The Kier molecular flexibility index (Phi) is 7.49. The zero-order valence-corrected chi connectivity index (χ0v) is 23.5. The lowest BCUT2D eigenvalue weighted by molar-refractivity contribution is 0.0724. The molecule has 9 nitrogen and oxygen atoms in total. The molecule has 2 aliphatic rings. The Bertz CT molecular complexity index is 1300. The van der Waals surface area contributed by atoms with Gasteiger partial charge < -0.3 is 16.0 Å². The molecule has 0 bridgehead atoms. The number of fused-ring (bicyclic) bond motifs is 1. The van der Waals surface area contributed by atoms with E-state index in [9.17, 15) is 18.0 Å². The predicted octanol–water partition coefficient (Wildman–Crippen LogP) is 2.86. The van der Waals surface area contributed by atoms with Crippen LogP contribution in [0, 0.1) is 0 Å². The second-order valence-electron chi connectivity index (χ2n) is 11.0. The normalized spacial score (nSPS) is 17.9. The van der Waals surface area contributed by atoms with E-state index in [1.165, 1.54) is 4.68 Å². The first-order valence-corrected chi connectivity index (χ1v) is 14.5. The highest BCUT2D eigenvalue weighted by atomic mass is 35.5. The number of benzene rings is 1. The van der Waals surface area contributed by atoms with E-state index in [-0.39, 0.29) is 30.1 Å². The standard InChI is InChI=1S/C26H36ClN5O4S/c1-17(28)9-11-25(2,3)37(35,36)26(12-13-26)16-32-14-10-20-21(30-31(4)22(20)24(32)34)23(33)29-15-18-5-7-19(27)8-6-18/h5-8,17H,9-16,28H2,1-4H3,(H,29,33)/t17-/m1/s1. The van der Waals surface area contributed by atoms with E-state index in [2.05, 4.69) is 10.4 Å². The Morgan fingerprint density at radius 3 is 2.51 bits per heavy atom. The fraction of sp³-hybridized carbons (Fsp3) is 0.577. The molecule has 3 N–H and O–H groups in total. The maximum Gasteiger partial charge on any atom is 0.272 e. The minimum absolute atomic E-state index is 0.0749. The van der Waals surface area contributed by atoms with Crippen LogP contribution in [0.3, 0.4) is 0 Å². The lowest BCUT2D eigenvalue weighted by Crippen LogP contribution is -2.50. The van der Waals surface area contributed by atoms with Crippen molar-refractivity contribution in [2.45, 2.75) is 75.0 Å². The van der Waals surface area contributed by atoms with Crippen molar-refractivity contribution in [3.63, 3.8) is 0 Å². The van der Waals surface area contributed by atoms with E-state index >= 15 is 0 Å². The number of amides is 2. The summed E-state index contributed by atoms with van der Waals surface area (Å²) in [7, 11) is -1.89. The van der Waals surface area contributed by atoms with Crippen LogP contribution in [-0.2, 0) is 29.9 Å². The Morgan fingerprint density at radius 1 is 1.27 bits per heavy atom. The number of nitrogens with two attached hydrogens (primary N) is 1. The number of hydrogen-bond donors (Lipinski definition) is 2. The van der Waals surface area contributed by atoms with Crippen LogP contribution in [0.5, 0.6) is 0 Å². The minimum Gasteiger partial charge on any atom is -0.347 e. The molecule has 1 aliphatic heterocycles. The first-order chi connectivity index (χ1) is 17.3. The number of sulfone groups is 1. The zero-order valence-electron chi connectivity index (χ0n) is 21.9. The number of carbonyl (C=O) groups excluding carboxylic acids is 2. The molecule has 37 heavy (non-hydrogen) atoms. The fourth-order valence-corrected chi connectivity index (χ4v) is 7.72. The first kappa shape index (κ1) is 27.6. The van der Waals surface area contributed by atoms with Gasteiger partial charge in [-0.25, -0.2) is 8.42 Å². The highest BCUT2D eigenvalue weighted by molar-refractivity contribution is 7.94. The number of aryl methyl sites for hydroxylation is 1. The van der Waals surface area contributed by atoms with Crippen molar-refractivity contribution in [1.29, 1.82) is 0 Å². The maximum atomic E-state index is 13.7. The molecule has 1 atom stereocenters. The van der Waals surface area contributed by atoms with Gasteiger partial charge in [0, 0.05) is 43.3 Å². The average Bonchev–Trinajstić information content (AvgIpc) is 3.55. The summed E-state index contributed by atoms with van der Waals surface area (Å²) < 4.78 is 26.9. The molecule has 0 radical (unpaired) electrons. The van der Waals surface area contributed by atoms with Crippen molar-refractivity contribution in [2.24, 2.45) is 12.8 Å². The highest BCUT2D eigenvalue weighted by Crippen LogP contribution is 2.50. The summed E-state index contributed by atoms with van der Waals surface area (Å²) in [5, 5.41) is 7.83. The van der Waals surface area contributed by atoms with E-state index in [1.54, 1.807) is 37.9 Å². The van der Waals surface area contributed by atoms with Gasteiger partial charge in [0.1, 0.15) is 5.69 Å². The van der Waals surface area contributed by atoms with Gasteiger partial charge >= 0.3 is 0 Å². The van der Waals surface area contributed by atoms with Crippen LogP contribution < -0.4 is 11.1 Å². The third kappa shape index (κ3) is 5.28. The summed E-state index contributed by atoms with van der Waals surface area (Å²) in [6.07, 6.45) is 2.60. The summed E-state index contributed by atoms with van der Waals surface area (Å²) in [5.41, 5.74) is 7.94. The fourth-order valence-electron chi connectivity index (χ4n) is 5.07. The molecule has 1 fully saturated rings. The van der Waals surface area contributed by atoms with Crippen LogP contribution in [-0.4, -0.2) is 63.5 Å². The van der Waals surface area contributed by atoms with E-state index in [1.807, 2.05) is 19.1 Å². The molecule has 4 rings (SSSR count). The van der Waals surface area contributed by atoms with Gasteiger partial charge in [0.15, 0.2) is 15.5 Å². The van der Waals surface area contributed by atoms with E-state index in [0.29, 0.717) is 61.5 Å². The van der Waals surface area contributed by atoms with E-state index in [4.69, 9.17) is 17.3 Å². The second kappa shape index (κ2) is 10.0. The minimum atomic E-state index is -3.52. The smallest absolute Gasteiger partial charge is 0.272 e. The SMILES string of the molecule is C[C@@H](N)CCC(C)(C)S(=O)(=O)C1(CN2CCc3c(C(=O)NCc4ccc(Cl)cc4)nn(C)c3C2=O)CC1. The monoisotopic (exact) mass is 549 g/mol. The molecule has 1 aromatic heterocycles. The van der Waals surface area contributed by atoms with Crippen molar-refractivity contribution in [2.75, 3.05) is 13.1 Å². The van der Waals surface area contributed by atoms with Gasteiger partial charge in [0.05, 0.1) is 9.49 Å². The molecule has 2 amide bonds. The van der Waals surface area contributed by atoms with Crippen molar-refractivity contribution < 1.29 is 18.0 Å². The predicted molar refractivity (Wildman–Crippen MR) is 143 cm³/mol. The van der Waals surface area contributed by atoms with E-state index in [0.717, 1.165) is 5.56 Å². The maximum absolute atomic E-state index is 13.7. The molecule has 202 valence electrons. The third-order valence-corrected chi connectivity index (χ3v) is 11.2. The molecule has 2 aromatic rings. The Balaban J connectivity index is 1.48. The Labute approximate surface area is 223 Å². The van der Waals surface area contributed by atoms with Crippen LogP contribution in [0.1, 0.15) is 78.6 Å².